The zero-order valence-electron chi connectivity index (χ0n) is 14.2. The molecule has 1 heterocycles. The molecule has 0 aliphatic rings. The predicted molar refractivity (Wildman–Crippen MR) is 107 cm³/mol. The molecule has 28 heavy (non-hydrogen) atoms. The Balaban J connectivity index is 1.74. The Morgan fingerprint density at radius 3 is 2.64 bits per heavy atom. The summed E-state index contributed by atoms with van der Waals surface area (Å²) < 4.78 is 24.6. The van der Waals surface area contributed by atoms with Crippen LogP contribution < -0.4 is 10.6 Å². The molecule has 8 nitrogen and oxygen atoms in total. The summed E-state index contributed by atoms with van der Waals surface area (Å²) in [4.78, 5) is 28.4. The van der Waals surface area contributed by atoms with Crippen molar-refractivity contribution in [2.24, 2.45) is 0 Å². The van der Waals surface area contributed by atoms with E-state index in [0.29, 0.717) is 10.2 Å². The van der Waals surface area contributed by atoms with Gasteiger partial charge < -0.3 is 5.11 Å². The van der Waals surface area contributed by atoms with Gasteiger partial charge in [0.1, 0.15) is 0 Å². The fraction of sp³-hybridized carbons (Fsp3) is 0.118. The molecule has 0 radical (unpaired) electrons. The molecule has 3 rings (SSSR count). The number of carbonyl (C=O) groups excluding carboxylic acids is 2. The third-order valence-corrected chi connectivity index (χ3v) is 6.60. The Labute approximate surface area is 169 Å². The van der Waals surface area contributed by atoms with Gasteiger partial charge in [-0.2, -0.15) is 0 Å². The first kappa shape index (κ1) is 20.2. The smallest absolute Gasteiger partial charge is 0.327 e. The van der Waals surface area contributed by atoms with Crippen molar-refractivity contribution in [3.05, 3.63) is 53.1 Å². The molecule has 0 spiro atoms. The molecule has 0 unspecified atom stereocenters. The second-order valence-corrected chi connectivity index (χ2v) is 9.13. The van der Waals surface area contributed by atoms with Gasteiger partial charge in [0.15, 0.2) is 15.0 Å². The van der Waals surface area contributed by atoms with Crippen molar-refractivity contribution >= 4 is 60.1 Å². The maximum absolute atomic E-state index is 12.1. The molecule has 0 aliphatic heterocycles. The number of nitrogens with zero attached hydrogens (tertiary/aromatic N) is 1. The summed E-state index contributed by atoms with van der Waals surface area (Å²) in [7, 11) is -3.59. The van der Waals surface area contributed by atoms with Gasteiger partial charge in [-0.3, -0.25) is 15.4 Å². The Morgan fingerprint density at radius 1 is 1.18 bits per heavy atom. The summed E-state index contributed by atoms with van der Waals surface area (Å²) in [6.45, 7) is -0.477. The van der Waals surface area contributed by atoms with E-state index in [2.05, 4.69) is 15.6 Å². The maximum Gasteiger partial charge on any atom is 0.327 e. The summed E-state index contributed by atoms with van der Waals surface area (Å²) in [5.74, 6) is -1.05. The summed E-state index contributed by atoms with van der Waals surface area (Å²) in [5, 5.41) is 13.9. The van der Waals surface area contributed by atoms with Crippen LogP contribution in [0.4, 0.5) is 9.93 Å². The Morgan fingerprint density at radius 2 is 1.93 bits per heavy atom. The fourth-order valence-electron chi connectivity index (χ4n) is 2.33. The summed E-state index contributed by atoms with van der Waals surface area (Å²) in [6.07, 6.45) is 0. The van der Waals surface area contributed by atoms with E-state index >= 15 is 0 Å². The minimum absolute atomic E-state index is 0.0580. The fourth-order valence-corrected chi connectivity index (χ4v) is 4.58. The van der Waals surface area contributed by atoms with Gasteiger partial charge in [-0.05, 0) is 30.3 Å². The molecular weight excluding hydrogens is 426 g/mol. The van der Waals surface area contributed by atoms with E-state index in [1.54, 1.807) is 12.1 Å². The number of hydrogen-bond donors (Lipinski definition) is 3. The largest absolute Gasteiger partial charge is 0.395 e. The number of rotatable bonds is 5. The third-order valence-electron chi connectivity index (χ3n) is 3.65. The van der Waals surface area contributed by atoms with Gasteiger partial charge in [-0.15, -0.1) is 0 Å². The van der Waals surface area contributed by atoms with Crippen molar-refractivity contribution in [2.75, 3.05) is 17.7 Å². The number of hydrogen-bond acceptors (Lipinski definition) is 7. The minimum atomic E-state index is -3.59. The molecule has 146 valence electrons. The number of benzene rings is 2. The number of urea groups is 1. The molecule has 0 aliphatic carbocycles. The number of fused-ring (bicyclic) bond motifs is 1. The van der Waals surface area contributed by atoms with Gasteiger partial charge in [-0.25, -0.2) is 18.2 Å². The van der Waals surface area contributed by atoms with Crippen molar-refractivity contribution in [1.29, 1.82) is 0 Å². The number of aliphatic hydroxyl groups excluding tert-OH is 1. The molecule has 2 aromatic carbocycles. The van der Waals surface area contributed by atoms with Crippen LogP contribution >= 0.6 is 22.9 Å². The highest BCUT2D eigenvalue weighted by molar-refractivity contribution is 7.91. The van der Waals surface area contributed by atoms with Crippen LogP contribution in [0, 0.1) is 0 Å². The monoisotopic (exact) mass is 439 g/mol. The SMILES string of the molecule is O=C(NC(=O)c1ccccc1Cl)Nc1nc2ccc(S(=O)(=O)CCO)cc2s1. The van der Waals surface area contributed by atoms with Crippen molar-refractivity contribution in [3.8, 4) is 0 Å². The lowest BCUT2D eigenvalue weighted by atomic mass is 10.2. The molecule has 1 aromatic heterocycles. The molecule has 3 N–H and O–H groups in total. The van der Waals surface area contributed by atoms with Crippen LogP contribution in [-0.4, -0.2) is 42.8 Å². The first-order valence-electron chi connectivity index (χ1n) is 7.91. The van der Waals surface area contributed by atoms with E-state index in [9.17, 15) is 18.0 Å². The number of thiazole rings is 1. The van der Waals surface area contributed by atoms with Crippen molar-refractivity contribution in [1.82, 2.24) is 10.3 Å². The highest BCUT2D eigenvalue weighted by atomic mass is 35.5. The number of sulfone groups is 1. The minimum Gasteiger partial charge on any atom is -0.395 e. The van der Waals surface area contributed by atoms with E-state index < -0.39 is 28.4 Å². The zero-order valence-corrected chi connectivity index (χ0v) is 16.6. The van der Waals surface area contributed by atoms with Crippen LogP contribution in [0.25, 0.3) is 10.2 Å². The molecule has 0 bridgehead atoms. The van der Waals surface area contributed by atoms with Gasteiger partial charge in [0.05, 0.1) is 38.1 Å². The van der Waals surface area contributed by atoms with Gasteiger partial charge >= 0.3 is 6.03 Å². The summed E-state index contributed by atoms with van der Waals surface area (Å²) >= 11 is 6.98. The van der Waals surface area contributed by atoms with Gasteiger partial charge in [-0.1, -0.05) is 35.1 Å². The van der Waals surface area contributed by atoms with Crippen LogP contribution in [-0.2, 0) is 9.84 Å². The lowest BCUT2D eigenvalue weighted by Crippen LogP contribution is -2.34. The summed E-state index contributed by atoms with van der Waals surface area (Å²) in [6, 6.07) is 9.82. The summed E-state index contributed by atoms with van der Waals surface area (Å²) in [5.41, 5.74) is 0.642. The number of halogens is 1. The maximum atomic E-state index is 12.1. The van der Waals surface area contributed by atoms with Gasteiger partial charge in [0.2, 0.25) is 0 Å². The van der Waals surface area contributed by atoms with E-state index in [4.69, 9.17) is 16.7 Å². The van der Waals surface area contributed by atoms with Crippen molar-refractivity contribution in [3.63, 3.8) is 0 Å². The van der Waals surface area contributed by atoms with Crippen molar-refractivity contribution < 1.29 is 23.1 Å². The number of nitrogens with one attached hydrogen (secondary N) is 2. The van der Waals surface area contributed by atoms with Crippen LogP contribution in [0.5, 0.6) is 0 Å². The van der Waals surface area contributed by atoms with Gasteiger partial charge in [0.25, 0.3) is 5.91 Å². The quantitative estimate of drug-likeness (QED) is 0.561. The van der Waals surface area contributed by atoms with Crippen molar-refractivity contribution in [2.45, 2.75) is 4.90 Å². The number of imide groups is 1. The average molecular weight is 440 g/mol. The predicted octanol–water partition coefficient (Wildman–Crippen LogP) is 2.68. The Kier molecular flexibility index (Phi) is 5.94. The second kappa shape index (κ2) is 8.23. The first-order valence-corrected chi connectivity index (χ1v) is 10.8. The third kappa shape index (κ3) is 4.47. The lowest BCUT2D eigenvalue weighted by Gasteiger charge is -2.05. The van der Waals surface area contributed by atoms with E-state index in [1.807, 2.05) is 0 Å². The van der Waals surface area contributed by atoms with Gasteiger partial charge in [0, 0.05) is 0 Å². The Bertz CT molecular complexity index is 1160. The van der Waals surface area contributed by atoms with Crippen LogP contribution in [0.1, 0.15) is 10.4 Å². The molecule has 0 atom stereocenters. The molecule has 0 fully saturated rings. The standard InChI is InChI=1S/C17H14ClN3O5S2/c18-12-4-2-1-3-11(12)15(23)20-16(24)21-17-19-13-6-5-10(9-14(13)27-17)28(25,26)8-7-22/h1-6,9,22H,7-8H2,(H2,19,20,21,23,24). The van der Waals surface area contributed by atoms with E-state index in [0.717, 1.165) is 11.3 Å². The topological polar surface area (TPSA) is 125 Å². The highest BCUT2D eigenvalue weighted by Gasteiger charge is 2.17. The molecule has 0 saturated heterocycles. The van der Waals surface area contributed by atoms with E-state index in [1.165, 1.54) is 30.3 Å². The number of anilines is 1. The second-order valence-electron chi connectivity index (χ2n) is 5.58. The number of amides is 3. The number of aromatic nitrogens is 1. The van der Waals surface area contributed by atoms with Crippen LogP contribution in [0.15, 0.2) is 47.4 Å². The molecular formula is C17H14ClN3O5S2. The number of aliphatic hydroxyl groups is 1. The molecule has 3 aromatic rings. The molecule has 3 amide bonds. The van der Waals surface area contributed by atoms with E-state index in [-0.39, 0.29) is 26.4 Å². The molecule has 0 saturated carbocycles. The van der Waals surface area contributed by atoms with Crippen LogP contribution in [0.2, 0.25) is 5.02 Å². The highest BCUT2D eigenvalue weighted by Crippen LogP contribution is 2.28. The molecule has 11 heteroatoms. The first-order chi connectivity index (χ1) is 13.3. The average Bonchev–Trinajstić information content (AvgIpc) is 3.03. The zero-order chi connectivity index (χ0) is 20.3. The number of carbonyl (C=O) groups is 2. The lowest BCUT2D eigenvalue weighted by molar-refractivity contribution is 0.0967. The van der Waals surface area contributed by atoms with Crippen LogP contribution in [0.3, 0.4) is 0 Å². The normalized spacial score (nSPS) is 11.4. The Hall–Kier alpha value is -2.53.